The minimum atomic E-state index is 0.550. The molecule has 0 unspecified atom stereocenters. The number of hydrogen-bond acceptors (Lipinski definition) is 1. The summed E-state index contributed by atoms with van der Waals surface area (Å²) in [5.74, 6) is 0. The number of rotatable bonds is 4. The van der Waals surface area contributed by atoms with E-state index in [-0.39, 0.29) is 0 Å². The Labute approximate surface area is 76.7 Å². The van der Waals surface area contributed by atoms with E-state index >= 15 is 0 Å². The van der Waals surface area contributed by atoms with E-state index in [0.717, 1.165) is 6.54 Å². The van der Waals surface area contributed by atoms with Crippen LogP contribution in [0.15, 0.2) is 0 Å². The smallest absolute Gasteiger partial charge is 0.00205 e. The highest BCUT2D eigenvalue weighted by molar-refractivity contribution is 4.83. The van der Waals surface area contributed by atoms with Crippen molar-refractivity contribution < 1.29 is 0 Å². The summed E-state index contributed by atoms with van der Waals surface area (Å²) in [5, 5.41) is 0. The predicted octanol–water partition coefficient (Wildman–Crippen LogP) is 3.09. The van der Waals surface area contributed by atoms with Crippen LogP contribution < -0.4 is 5.73 Å². The van der Waals surface area contributed by atoms with Crippen molar-refractivity contribution in [1.82, 2.24) is 0 Å². The van der Waals surface area contributed by atoms with Crippen molar-refractivity contribution in [3.63, 3.8) is 0 Å². The van der Waals surface area contributed by atoms with Crippen LogP contribution in [-0.4, -0.2) is 6.54 Å². The molecule has 0 spiro atoms. The van der Waals surface area contributed by atoms with Crippen LogP contribution in [0.5, 0.6) is 0 Å². The average Bonchev–Trinajstić information content (AvgIpc) is 2.16. The third kappa shape index (κ3) is 2.48. The van der Waals surface area contributed by atoms with Crippen molar-refractivity contribution in [2.24, 2.45) is 11.1 Å². The van der Waals surface area contributed by atoms with Gasteiger partial charge in [0.05, 0.1) is 0 Å². The van der Waals surface area contributed by atoms with Crippen LogP contribution in [0, 0.1) is 5.41 Å². The summed E-state index contributed by atoms with van der Waals surface area (Å²) < 4.78 is 0. The van der Waals surface area contributed by atoms with Crippen LogP contribution in [0.2, 0.25) is 0 Å². The van der Waals surface area contributed by atoms with Crippen molar-refractivity contribution in [2.45, 2.75) is 58.3 Å². The molecule has 12 heavy (non-hydrogen) atoms. The van der Waals surface area contributed by atoms with Crippen LogP contribution >= 0.6 is 0 Å². The molecule has 0 aliphatic heterocycles. The Hall–Kier alpha value is -0.0400. The molecule has 1 aliphatic rings. The molecule has 0 aromatic rings. The van der Waals surface area contributed by atoms with Crippen molar-refractivity contribution in [1.29, 1.82) is 0 Å². The number of unbranched alkanes of at least 4 members (excludes halogenated alkanes) is 1. The molecule has 0 amide bonds. The first-order valence-corrected chi connectivity index (χ1v) is 5.53. The molecule has 0 radical (unpaired) electrons. The summed E-state index contributed by atoms with van der Waals surface area (Å²) in [6, 6.07) is 0. The zero-order chi connectivity index (χ0) is 8.86. The first-order chi connectivity index (χ1) is 5.83. The largest absolute Gasteiger partial charge is 0.330 e. The molecule has 0 aromatic heterocycles. The molecular weight excluding hydrogens is 146 g/mol. The maximum Gasteiger partial charge on any atom is -0.00205 e. The van der Waals surface area contributed by atoms with E-state index in [9.17, 15) is 0 Å². The molecule has 1 saturated carbocycles. The van der Waals surface area contributed by atoms with Crippen LogP contribution in [0.1, 0.15) is 58.3 Å². The molecule has 1 fully saturated rings. The van der Waals surface area contributed by atoms with Gasteiger partial charge in [0.25, 0.3) is 0 Å². The lowest BCUT2D eigenvalue weighted by atomic mass is 9.71. The Morgan fingerprint density at radius 1 is 1.17 bits per heavy atom. The molecule has 1 aliphatic carbocycles. The summed E-state index contributed by atoms with van der Waals surface area (Å²) in [5.41, 5.74) is 6.43. The molecule has 2 N–H and O–H groups in total. The van der Waals surface area contributed by atoms with Gasteiger partial charge in [0, 0.05) is 0 Å². The summed E-state index contributed by atoms with van der Waals surface area (Å²) in [4.78, 5) is 0. The topological polar surface area (TPSA) is 26.0 Å². The first-order valence-electron chi connectivity index (χ1n) is 5.53. The minimum absolute atomic E-state index is 0.550. The van der Waals surface area contributed by atoms with Crippen molar-refractivity contribution in [3.05, 3.63) is 0 Å². The second kappa shape index (κ2) is 4.86. The second-order valence-electron chi connectivity index (χ2n) is 4.37. The molecule has 0 heterocycles. The van der Waals surface area contributed by atoms with Gasteiger partial charge >= 0.3 is 0 Å². The highest BCUT2D eigenvalue weighted by Crippen LogP contribution is 2.39. The van der Waals surface area contributed by atoms with E-state index in [0.29, 0.717) is 5.41 Å². The van der Waals surface area contributed by atoms with Gasteiger partial charge in [-0.3, -0.25) is 0 Å². The normalized spacial score (nSPS) is 22.5. The Morgan fingerprint density at radius 3 is 2.33 bits per heavy atom. The van der Waals surface area contributed by atoms with E-state index in [1.54, 1.807) is 0 Å². The van der Waals surface area contributed by atoms with Gasteiger partial charge < -0.3 is 5.73 Å². The SMILES string of the molecule is CCCCC1(CN)CCCCC1. The summed E-state index contributed by atoms with van der Waals surface area (Å²) >= 11 is 0. The van der Waals surface area contributed by atoms with E-state index in [4.69, 9.17) is 5.73 Å². The van der Waals surface area contributed by atoms with Crippen LogP contribution in [-0.2, 0) is 0 Å². The molecule has 72 valence electrons. The van der Waals surface area contributed by atoms with Gasteiger partial charge in [-0.1, -0.05) is 39.0 Å². The lowest BCUT2D eigenvalue weighted by Crippen LogP contribution is -2.32. The maximum absolute atomic E-state index is 5.88. The summed E-state index contributed by atoms with van der Waals surface area (Å²) in [6.07, 6.45) is 11.1. The standard InChI is InChI=1S/C11H23N/c1-2-3-7-11(10-12)8-5-4-6-9-11/h2-10,12H2,1H3. The van der Waals surface area contributed by atoms with Crippen LogP contribution in [0.4, 0.5) is 0 Å². The molecule has 1 heteroatoms. The van der Waals surface area contributed by atoms with Gasteiger partial charge in [0.2, 0.25) is 0 Å². The van der Waals surface area contributed by atoms with E-state index in [1.165, 1.54) is 51.4 Å². The monoisotopic (exact) mass is 169 g/mol. The highest BCUT2D eigenvalue weighted by Gasteiger charge is 2.29. The fraction of sp³-hybridized carbons (Fsp3) is 1.00. The van der Waals surface area contributed by atoms with Gasteiger partial charge in [-0.05, 0) is 31.2 Å². The lowest BCUT2D eigenvalue weighted by molar-refractivity contribution is 0.177. The minimum Gasteiger partial charge on any atom is -0.330 e. The fourth-order valence-corrected chi connectivity index (χ4v) is 2.41. The zero-order valence-corrected chi connectivity index (χ0v) is 8.44. The molecule has 0 aromatic carbocycles. The second-order valence-corrected chi connectivity index (χ2v) is 4.37. The molecule has 1 rings (SSSR count). The van der Waals surface area contributed by atoms with E-state index in [1.807, 2.05) is 0 Å². The summed E-state index contributed by atoms with van der Waals surface area (Å²) in [7, 11) is 0. The van der Waals surface area contributed by atoms with Gasteiger partial charge in [-0.15, -0.1) is 0 Å². The highest BCUT2D eigenvalue weighted by atomic mass is 14.6. The first kappa shape index (κ1) is 10.0. The maximum atomic E-state index is 5.88. The Balaban J connectivity index is 2.37. The number of hydrogen-bond donors (Lipinski definition) is 1. The van der Waals surface area contributed by atoms with E-state index < -0.39 is 0 Å². The van der Waals surface area contributed by atoms with Gasteiger partial charge in [-0.25, -0.2) is 0 Å². The van der Waals surface area contributed by atoms with Crippen LogP contribution in [0.25, 0.3) is 0 Å². The van der Waals surface area contributed by atoms with E-state index in [2.05, 4.69) is 6.92 Å². The van der Waals surface area contributed by atoms with Crippen LogP contribution in [0.3, 0.4) is 0 Å². The van der Waals surface area contributed by atoms with Crippen molar-refractivity contribution in [2.75, 3.05) is 6.54 Å². The van der Waals surface area contributed by atoms with Crippen molar-refractivity contribution >= 4 is 0 Å². The number of nitrogens with two attached hydrogens (primary N) is 1. The van der Waals surface area contributed by atoms with Gasteiger partial charge in [0.1, 0.15) is 0 Å². The fourth-order valence-electron chi connectivity index (χ4n) is 2.41. The molecular formula is C11H23N. The molecule has 0 atom stereocenters. The molecule has 0 bridgehead atoms. The van der Waals surface area contributed by atoms with Crippen molar-refractivity contribution in [3.8, 4) is 0 Å². The summed E-state index contributed by atoms with van der Waals surface area (Å²) in [6.45, 7) is 3.19. The Morgan fingerprint density at radius 2 is 1.83 bits per heavy atom. The third-order valence-electron chi connectivity index (χ3n) is 3.41. The lowest BCUT2D eigenvalue weighted by Gasteiger charge is -2.36. The van der Waals surface area contributed by atoms with Gasteiger partial charge in [0.15, 0.2) is 0 Å². The Bertz CT molecular complexity index is 114. The third-order valence-corrected chi connectivity index (χ3v) is 3.41. The zero-order valence-electron chi connectivity index (χ0n) is 8.44. The predicted molar refractivity (Wildman–Crippen MR) is 54.1 cm³/mol. The molecule has 0 saturated heterocycles. The average molecular weight is 169 g/mol. The van der Waals surface area contributed by atoms with Gasteiger partial charge in [-0.2, -0.15) is 0 Å². The Kier molecular flexibility index (Phi) is 4.07. The quantitative estimate of drug-likeness (QED) is 0.687. The molecule has 1 nitrogen and oxygen atoms in total.